The third-order valence-electron chi connectivity index (χ3n) is 5.54. The molecule has 5 heteroatoms. The van der Waals surface area contributed by atoms with Gasteiger partial charge in [-0.1, -0.05) is 50.1 Å². The fourth-order valence-electron chi connectivity index (χ4n) is 4.41. The second-order valence-corrected chi connectivity index (χ2v) is 8.59. The van der Waals surface area contributed by atoms with Gasteiger partial charge >= 0.3 is 0 Å². The van der Waals surface area contributed by atoms with Gasteiger partial charge in [-0.15, -0.1) is 6.58 Å². The fourth-order valence-corrected chi connectivity index (χ4v) is 5.17. The lowest BCUT2D eigenvalue weighted by atomic mass is 9.82. The zero-order chi connectivity index (χ0) is 19.0. The van der Waals surface area contributed by atoms with Gasteiger partial charge in [0.1, 0.15) is 9.21 Å². The highest BCUT2D eigenvalue weighted by atomic mass is 79.9. The third-order valence-corrected chi connectivity index (χ3v) is 7.39. The summed E-state index contributed by atoms with van der Waals surface area (Å²) in [5, 5.41) is 1.34. The zero-order valence-corrected chi connectivity index (χ0v) is 18.5. The van der Waals surface area contributed by atoms with E-state index in [1.165, 1.54) is 54.3 Å². The van der Waals surface area contributed by atoms with E-state index in [0.717, 1.165) is 21.6 Å². The molecule has 0 bridgehead atoms. The van der Waals surface area contributed by atoms with Crippen LogP contribution in [0.2, 0.25) is 0 Å². The second kappa shape index (κ2) is 7.80. The average molecular weight is 489 g/mol. The van der Waals surface area contributed by atoms with Crippen LogP contribution in [-0.4, -0.2) is 14.1 Å². The summed E-state index contributed by atoms with van der Waals surface area (Å²) in [6.45, 7) is 8.76. The van der Waals surface area contributed by atoms with Crippen molar-refractivity contribution in [3.8, 4) is 11.5 Å². The van der Waals surface area contributed by atoms with Gasteiger partial charge < -0.3 is 4.57 Å². The first kappa shape index (κ1) is 18.8. The van der Waals surface area contributed by atoms with E-state index >= 15 is 0 Å². The van der Waals surface area contributed by atoms with E-state index in [1.54, 1.807) is 0 Å². The van der Waals surface area contributed by atoms with Gasteiger partial charge in [-0.3, -0.25) is 4.57 Å². The molecule has 0 saturated heterocycles. The number of hydrogen-bond donors (Lipinski definition) is 0. The van der Waals surface area contributed by atoms with Gasteiger partial charge in [-0.25, -0.2) is 4.98 Å². The molecule has 1 aliphatic rings. The van der Waals surface area contributed by atoms with Crippen LogP contribution in [0.1, 0.15) is 43.6 Å². The summed E-state index contributed by atoms with van der Waals surface area (Å²) in [5.74, 6) is 1.49. The zero-order valence-electron chi connectivity index (χ0n) is 15.3. The summed E-state index contributed by atoms with van der Waals surface area (Å²) in [6, 6.07) is 8.72. The highest BCUT2D eigenvalue weighted by Gasteiger charge is 2.29. The predicted molar refractivity (Wildman–Crippen MR) is 121 cm³/mol. The molecule has 4 rings (SSSR count). The first-order valence-electron chi connectivity index (χ1n) is 9.45. The molecular formula is C22H23Br2N3. The van der Waals surface area contributed by atoms with Crippen molar-refractivity contribution in [1.29, 1.82) is 0 Å². The van der Waals surface area contributed by atoms with Crippen molar-refractivity contribution < 1.29 is 0 Å². The van der Waals surface area contributed by atoms with Crippen LogP contribution in [0.5, 0.6) is 0 Å². The minimum Gasteiger partial charge on any atom is -0.334 e. The largest absolute Gasteiger partial charge is 0.334 e. The Morgan fingerprint density at radius 1 is 1.11 bits per heavy atom. The van der Waals surface area contributed by atoms with Gasteiger partial charge in [0.05, 0.1) is 5.69 Å². The van der Waals surface area contributed by atoms with E-state index in [-0.39, 0.29) is 0 Å². The molecule has 2 heterocycles. The van der Waals surface area contributed by atoms with Crippen molar-refractivity contribution in [3.05, 3.63) is 58.3 Å². The van der Waals surface area contributed by atoms with Gasteiger partial charge in [0, 0.05) is 23.6 Å². The highest BCUT2D eigenvalue weighted by molar-refractivity contribution is 9.13. The maximum atomic E-state index is 4.85. The molecule has 0 atom stereocenters. The number of fused-ring (bicyclic) bond motifs is 1. The Morgan fingerprint density at radius 3 is 2.56 bits per heavy atom. The van der Waals surface area contributed by atoms with E-state index in [1.807, 2.05) is 16.8 Å². The summed E-state index contributed by atoms with van der Waals surface area (Å²) in [6.07, 6.45) is 10.2. The lowest BCUT2D eigenvalue weighted by Crippen LogP contribution is -2.09. The monoisotopic (exact) mass is 487 g/mol. The molecule has 0 spiro atoms. The van der Waals surface area contributed by atoms with Gasteiger partial charge in [-0.2, -0.15) is 0 Å². The summed E-state index contributed by atoms with van der Waals surface area (Å²) < 4.78 is 6.05. The number of nitrogens with zero attached hydrogens (tertiary/aromatic N) is 3. The van der Waals surface area contributed by atoms with Gasteiger partial charge in [0.15, 0.2) is 5.82 Å². The fraction of sp³-hybridized carbons (Fsp3) is 0.318. The Balaban J connectivity index is 2.08. The molecule has 3 aromatic rings. The Morgan fingerprint density at radius 2 is 1.85 bits per heavy atom. The number of aromatic nitrogens is 3. The molecule has 3 nitrogen and oxygen atoms in total. The lowest BCUT2D eigenvalue weighted by Gasteiger charge is -2.23. The number of allylic oxidation sites excluding steroid dienone is 1. The smallest absolute Gasteiger partial charge is 0.163 e. The molecule has 140 valence electrons. The SMILES string of the molecule is C=CCn1c(-c2nc(Br)c(Br)n2C=C)c(C2CCCCC2)c2ccccc21. The van der Waals surface area contributed by atoms with Gasteiger partial charge in [-0.05, 0) is 62.2 Å². The van der Waals surface area contributed by atoms with Crippen LogP contribution in [0.3, 0.4) is 0 Å². The molecular weight excluding hydrogens is 466 g/mol. The van der Waals surface area contributed by atoms with Crippen molar-refractivity contribution >= 4 is 49.0 Å². The molecule has 27 heavy (non-hydrogen) atoms. The van der Waals surface area contributed by atoms with E-state index in [2.05, 4.69) is 73.9 Å². The quantitative estimate of drug-likeness (QED) is 0.344. The molecule has 0 aliphatic heterocycles. The molecule has 0 amide bonds. The van der Waals surface area contributed by atoms with Crippen LogP contribution in [0.4, 0.5) is 0 Å². The van der Waals surface area contributed by atoms with Crippen molar-refractivity contribution in [2.24, 2.45) is 0 Å². The summed E-state index contributed by atoms with van der Waals surface area (Å²) >= 11 is 7.22. The number of hydrogen-bond acceptors (Lipinski definition) is 1. The second-order valence-electron chi connectivity index (χ2n) is 7.08. The van der Waals surface area contributed by atoms with Crippen LogP contribution in [0, 0.1) is 0 Å². The number of rotatable bonds is 5. The van der Waals surface area contributed by atoms with Gasteiger partial charge in [0.25, 0.3) is 0 Å². The Labute approximate surface area is 177 Å². The van der Waals surface area contributed by atoms with Crippen LogP contribution in [0.15, 0.2) is 52.7 Å². The minimum atomic E-state index is 0.567. The summed E-state index contributed by atoms with van der Waals surface area (Å²) in [5.41, 5.74) is 3.87. The lowest BCUT2D eigenvalue weighted by molar-refractivity contribution is 0.445. The van der Waals surface area contributed by atoms with Crippen molar-refractivity contribution in [2.45, 2.75) is 44.6 Å². The summed E-state index contributed by atoms with van der Waals surface area (Å²) in [7, 11) is 0. The Kier molecular flexibility index (Phi) is 5.42. The molecule has 1 aliphatic carbocycles. The molecule has 1 saturated carbocycles. The first-order valence-corrected chi connectivity index (χ1v) is 11.0. The molecule has 1 fully saturated rings. The number of halogens is 2. The summed E-state index contributed by atoms with van der Waals surface area (Å²) in [4.78, 5) is 4.85. The minimum absolute atomic E-state index is 0.567. The standard InChI is InChI=1S/C22H23Br2N3/c1-3-14-27-17-13-9-8-12-16(17)18(15-10-6-5-7-11-15)19(27)22-25-20(23)21(24)26(22)4-2/h3-4,8-9,12-13,15H,1-2,5-7,10-11,14H2. The van der Waals surface area contributed by atoms with Crippen LogP contribution in [0.25, 0.3) is 28.6 Å². The molecule has 0 N–H and O–H groups in total. The van der Waals surface area contributed by atoms with E-state index < -0.39 is 0 Å². The average Bonchev–Trinajstić information content (AvgIpc) is 3.17. The van der Waals surface area contributed by atoms with E-state index in [9.17, 15) is 0 Å². The predicted octanol–water partition coefficient (Wildman–Crippen LogP) is 7.36. The number of para-hydroxylation sites is 1. The Bertz CT molecular complexity index is 1010. The first-order chi connectivity index (χ1) is 13.2. The van der Waals surface area contributed by atoms with Crippen LogP contribution < -0.4 is 0 Å². The van der Waals surface area contributed by atoms with Crippen LogP contribution >= 0.6 is 31.9 Å². The molecule has 1 aromatic carbocycles. The third kappa shape index (κ3) is 3.15. The maximum Gasteiger partial charge on any atom is 0.163 e. The van der Waals surface area contributed by atoms with Crippen molar-refractivity contribution in [1.82, 2.24) is 14.1 Å². The normalized spacial score (nSPS) is 15.3. The molecule has 2 aromatic heterocycles. The highest BCUT2D eigenvalue weighted by Crippen LogP contribution is 2.44. The maximum absolute atomic E-state index is 4.85. The number of imidazole rings is 1. The van der Waals surface area contributed by atoms with Crippen molar-refractivity contribution in [2.75, 3.05) is 0 Å². The molecule has 0 unspecified atom stereocenters. The van der Waals surface area contributed by atoms with Crippen molar-refractivity contribution in [3.63, 3.8) is 0 Å². The van der Waals surface area contributed by atoms with E-state index in [4.69, 9.17) is 4.98 Å². The number of benzene rings is 1. The molecule has 0 radical (unpaired) electrons. The Hall–Kier alpha value is -1.59. The van der Waals surface area contributed by atoms with Crippen LogP contribution in [-0.2, 0) is 6.54 Å². The topological polar surface area (TPSA) is 22.8 Å². The van der Waals surface area contributed by atoms with Gasteiger partial charge in [0.2, 0.25) is 0 Å². The van der Waals surface area contributed by atoms with E-state index in [0.29, 0.717) is 5.92 Å².